The number of hydrogen-bond donors (Lipinski definition) is 2. The average Bonchev–Trinajstić information content (AvgIpc) is 2.34. The fourth-order valence-corrected chi connectivity index (χ4v) is 1.46. The largest absolute Gasteiger partial charge is 0.502 e. The lowest BCUT2D eigenvalue weighted by atomic mass is 10.2. The van der Waals surface area contributed by atoms with Crippen LogP contribution in [0.1, 0.15) is 5.56 Å². The number of hydrogen-bond acceptors (Lipinski definition) is 5. The molecule has 0 saturated carbocycles. The van der Waals surface area contributed by atoms with Crippen LogP contribution in [-0.2, 0) is 6.54 Å². The smallest absolute Gasteiger partial charge is 0.251 e. The van der Waals surface area contributed by atoms with E-state index in [1.807, 2.05) is 30.3 Å². The summed E-state index contributed by atoms with van der Waals surface area (Å²) >= 11 is 0. The molecule has 0 fully saturated rings. The monoisotopic (exact) mass is 232 g/mol. The minimum atomic E-state index is -0.547. The van der Waals surface area contributed by atoms with Gasteiger partial charge in [-0.05, 0) is 5.56 Å². The van der Waals surface area contributed by atoms with Gasteiger partial charge in [-0.25, -0.2) is 5.84 Å². The van der Waals surface area contributed by atoms with Gasteiger partial charge in [0.25, 0.3) is 5.43 Å². The topological polar surface area (TPSA) is 79.7 Å². The van der Waals surface area contributed by atoms with Crippen molar-refractivity contribution >= 4 is 5.69 Å². The number of nitrogens with two attached hydrogens (primary N) is 1. The van der Waals surface area contributed by atoms with Gasteiger partial charge < -0.3 is 14.5 Å². The first-order valence-electron chi connectivity index (χ1n) is 5.04. The van der Waals surface area contributed by atoms with Crippen molar-refractivity contribution in [3.63, 3.8) is 0 Å². The van der Waals surface area contributed by atoms with Crippen molar-refractivity contribution in [2.24, 2.45) is 5.84 Å². The van der Waals surface area contributed by atoms with Crippen molar-refractivity contribution in [3.8, 4) is 5.75 Å². The highest BCUT2D eigenvalue weighted by atomic mass is 16.3. The molecular weight excluding hydrogens is 220 g/mol. The number of nitrogens with zero attached hydrogens (tertiary/aromatic N) is 1. The van der Waals surface area contributed by atoms with Gasteiger partial charge in [0.05, 0.1) is 6.54 Å². The van der Waals surface area contributed by atoms with Crippen LogP contribution in [0.25, 0.3) is 0 Å². The van der Waals surface area contributed by atoms with Gasteiger partial charge in [0.2, 0.25) is 5.75 Å². The van der Waals surface area contributed by atoms with E-state index in [2.05, 4.69) is 0 Å². The van der Waals surface area contributed by atoms with Crippen molar-refractivity contribution in [1.82, 2.24) is 0 Å². The Labute approximate surface area is 97.7 Å². The lowest BCUT2D eigenvalue weighted by Crippen LogP contribution is -2.33. The molecule has 0 aliphatic rings. The molecule has 1 heterocycles. The Hall–Kier alpha value is -2.27. The summed E-state index contributed by atoms with van der Waals surface area (Å²) in [5, 5.41) is 10.5. The molecule has 1 aromatic carbocycles. The van der Waals surface area contributed by atoms with Gasteiger partial charge in [-0.3, -0.25) is 4.79 Å². The second-order valence-corrected chi connectivity index (χ2v) is 3.58. The van der Waals surface area contributed by atoms with E-state index < -0.39 is 11.2 Å². The highest BCUT2D eigenvalue weighted by Gasteiger charge is 2.10. The molecule has 88 valence electrons. The van der Waals surface area contributed by atoms with E-state index in [4.69, 9.17) is 10.3 Å². The van der Waals surface area contributed by atoms with Gasteiger partial charge >= 0.3 is 0 Å². The first-order valence-corrected chi connectivity index (χ1v) is 5.04. The Morgan fingerprint density at radius 1 is 1.24 bits per heavy atom. The quantitative estimate of drug-likeness (QED) is 0.614. The van der Waals surface area contributed by atoms with E-state index in [1.165, 1.54) is 11.3 Å². The molecule has 0 spiro atoms. The Morgan fingerprint density at radius 2 is 1.94 bits per heavy atom. The minimum Gasteiger partial charge on any atom is -0.502 e. The first-order chi connectivity index (χ1) is 8.18. The van der Waals surface area contributed by atoms with Crippen molar-refractivity contribution < 1.29 is 9.52 Å². The van der Waals surface area contributed by atoms with Gasteiger partial charge in [-0.15, -0.1) is 0 Å². The summed E-state index contributed by atoms with van der Waals surface area (Å²) in [6.07, 6.45) is 2.19. The van der Waals surface area contributed by atoms with E-state index in [0.29, 0.717) is 6.54 Å². The number of rotatable bonds is 3. The molecule has 0 aliphatic carbocycles. The van der Waals surface area contributed by atoms with Crippen molar-refractivity contribution in [1.29, 1.82) is 0 Å². The minimum absolute atomic E-state index is 0.119. The van der Waals surface area contributed by atoms with Crippen LogP contribution in [0.15, 0.2) is 52.1 Å². The Balaban J connectivity index is 2.24. The summed E-state index contributed by atoms with van der Waals surface area (Å²) in [5.74, 6) is 5.31. The van der Waals surface area contributed by atoms with Crippen LogP contribution < -0.4 is 16.3 Å². The molecular formula is C12H12N2O3. The van der Waals surface area contributed by atoms with Gasteiger partial charge in [0.1, 0.15) is 18.2 Å². The van der Waals surface area contributed by atoms with Crippen LogP contribution in [-0.4, -0.2) is 5.11 Å². The van der Waals surface area contributed by atoms with Crippen LogP contribution >= 0.6 is 0 Å². The second-order valence-electron chi connectivity index (χ2n) is 3.58. The number of benzene rings is 1. The van der Waals surface area contributed by atoms with Crippen LogP contribution in [0.4, 0.5) is 5.69 Å². The molecule has 17 heavy (non-hydrogen) atoms. The summed E-state index contributed by atoms with van der Waals surface area (Å²) in [6.45, 7) is 0.356. The molecule has 2 aromatic rings. The fraction of sp³-hybridized carbons (Fsp3) is 0.0833. The molecule has 5 heteroatoms. The molecule has 0 atom stereocenters. The molecule has 5 nitrogen and oxygen atoms in total. The highest BCUT2D eigenvalue weighted by molar-refractivity contribution is 5.45. The standard InChI is InChI=1S/C12H12N2O3/c13-14(6-9-4-2-1-3-5-9)10-7-17-8-11(15)12(10)16/h1-5,7-8,15H,6,13H2. The van der Waals surface area contributed by atoms with Crippen molar-refractivity contribution in [2.75, 3.05) is 5.01 Å². The molecule has 0 aliphatic heterocycles. The number of aromatic hydroxyl groups is 1. The van der Waals surface area contributed by atoms with Crippen molar-refractivity contribution in [3.05, 3.63) is 58.6 Å². The second kappa shape index (κ2) is 4.71. The molecule has 2 rings (SSSR count). The Morgan fingerprint density at radius 3 is 2.65 bits per heavy atom. The first kappa shape index (κ1) is 11.2. The zero-order chi connectivity index (χ0) is 12.3. The normalized spacial score (nSPS) is 10.2. The lowest BCUT2D eigenvalue weighted by Gasteiger charge is -2.17. The summed E-state index contributed by atoms with van der Waals surface area (Å²) in [4.78, 5) is 11.6. The molecule has 0 saturated heterocycles. The Bertz CT molecular complexity index is 551. The van der Waals surface area contributed by atoms with E-state index in [-0.39, 0.29) is 5.69 Å². The van der Waals surface area contributed by atoms with Crippen LogP contribution in [0.5, 0.6) is 5.75 Å². The summed E-state index contributed by atoms with van der Waals surface area (Å²) in [7, 11) is 0. The van der Waals surface area contributed by atoms with Gasteiger partial charge in [-0.1, -0.05) is 30.3 Å². The SMILES string of the molecule is NN(Cc1ccccc1)c1cocc(O)c1=O. The molecule has 3 N–H and O–H groups in total. The highest BCUT2D eigenvalue weighted by Crippen LogP contribution is 2.12. The Kier molecular flexibility index (Phi) is 3.11. The number of hydrazine groups is 1. The average molecular weight is 232 g/mol. The zero-order valence-corrected chi connectivity index (χ0v) is 9.04. The van der Waals surface area contributed by atoms with Crippen LogP contribution in [0.2, 0.25) is 0 Å². The zero-order valence-electron chi connectivity index (χ0n) is 9.04. The summed E-state index contributed by atoms with van der Waals surface area (Å²) in [5.41, 5.74) is 0.529. The van der Waals surface area contributed by atoms with Crippen molar-refractivity contribution in [2.45, 2.75) is 6.54 Å². The summed E-state index contributed by atoms with van der Waals surface area (Å²) in [6, 6.07) is 9.45. The van der Waals surface area contributed by atoms with Crippen LogP contribution in [0.3, 0.4) is 0 Å². The fourth-order valence-electron chi connectivity index (χ4n) is 1.46. The third-order valence-electron chi connectivity index (χ3n) is 2.33. The predicted octanol–water partition coefficient (Wildman–Crippen LogP) is 1.23. The maximum atomic E-state index is 11.6. The molecule has 0 amide bonds. The lowest BCUT2D eigenvalue weighted by molar-refractivity contribution is 0.429. The maximum Gasteiger partial charge on any atom is 0.251 e. The van der Waals surface area contributed by atoms with Crippen LogP contribution in [0, 0.1) is 0 Å². The van der Waals surface area contributed by atoms with Gasteiger partial charge in [-0.2, -0.15) is 0 Å². The summed E-state index contributed by atoms with van der Waals surface area (Å²) < 4.78 is 4.81. The maximum absolute atomic E-state index is 11.6. The van der Waals surface area contributed by atoms with E-state index in [0.717, 1.165) is 11.8 Å². The van der Waals surface area contributed by atoms with Gasteiger partial charge in [0.15, 0.2) is 0 Å². The third-order valence-corrected chi connectivity index (χ3v) is 2.33. The van der Waals surface area contributed by atoms with E-state index >= 15 is 0 Å². The van der Waals surface area contributed by atoms with E-state index in [1.54, 1.807) is 0 Å². The molecule has 0 unspecified atom stereocenters. The molecule has 0 bridgehead atoms. The predicted molar refractivity (Wildman–Crippen MR) is 63.5 cm³/mol. The van der Waals surface area contributed by atoms with Gasteiger partial charge in [0, 0.05) is 0 Å². The number of anilines is 1. The molecule has 1 aromatic heterocycles. The third kappa shape index (κ3) is 2.46. The van der Waals surface area contributed by atoms with E-state index in [9.17, 15) is 9.90 Å². The molecule has 0 radical (unpaired) electrons.